The minimum Gasteiger partial charge on any atom is -0.481 e. The van der Waals surface area contributed by atoms with E-state index >= 15 is 0 Å². The van der Waals surface area contributed by atoms with Gasteiger partial charge >= 0.3 is 0 Å². The largest absolute Gasteiger partial charge is 0.481 e. The van der Waals surface area contributed by atoms with Crippen molar-refractivity contribution in [3.8, 4) is 5.88 Å². The van der Waals surface area contributed by atoms with Crippen LogP contribution >= 0.6 is 0 Å². The van der Waals surface area contributed by atoms with Gasteiger partial charge in [0.25, 0.3) is 0 Å². The Labute approximate surface area is 95.0 Å². The second-order valence-corrected chi connectivity index (χ2v) is 3.44. The lowest BCUT2D eigenvalue weighted by molar-refractivity contribution is -0.122. The van der Waals surface area contributed by atoms with Gasteiger partial charge in [0.2, 0.25) is 11.8 Å². The van der Waals surface area contributed by atoms with E-state index in [2.05, 4.69) is 10.3 Å². The van der Waals surface area contributed by atoms with E-state index in [0.29, 0.717) is 18.8 Å². The molecule has 5 heteroatoms. The molecule has 88 valence electrons. The third-order valence-corrected chi connectivity index (χ3v) is 2.25. The summed E-state index contributed by atoms with van der Waals surface area (Å²) in [6, 6.07) is 3.15. The molecule has 3 N–H and O–H groups in total. The summed E-state index contributed by atoms with van der Waals surface area (Å²) in [7, 11) is 1.55. The summed E-state index contributed by atoms with van der Waals surface area (Å²) >= 11 is 0. The first-order valence-corrected chi connectivity index (χ1v) is 5.19. The summed E-state index contributed by atoms with van der Waals surface area (Å²) in [6.45, 7) is 2.31. The maximum Gasteiger partial charge on any atom is 0.237 e. The molecule has 0 bridgehead atoms. The van der Waals surface area contributed by atoms with Gasteiger partial charge in [0.1, 0.15) is 0 Å². The van der Waals surface area contributed by atoms with Crippen LogP contribution in [0.25, 0.3) is 0 Å². The number of aromatic nitrogens is 1. The van der Waals surface area contributed by atoms with Gasteiger partial charge in [0.15, 0.2) is 0 Å². The lowest BCUT2D eigenvalue weighted by Gasteiger charge is -2.10. The first-order valence-electron chi connectivity index (χ1n) is 5.19. The first-order chi connectivity index (χ1) is 7.67. The number of nitrogens with one attached hydrogen (secondary N) is 1. The Kier molecular flexibility index (Phi) is 4.72. The molecule has 0 aliphatic rings. The van der Waals surface area contributed by atoms with Gasteiger partial charge < -0.3 is 15.8 Å². The fourth-order valence-electron chi connectivity index (χ4n) is 1.18. The van der Waals surface area contributed by atoms with Crippen LogP contribution in [0.1, 0.15) is 18.9 Å². The van der Waals surface area contributed by atoms with Crippen molar-refractivity contribution in [1.29, 1.82) is 0 Å². The van der Waals surface area contributed by atoms with Gasteiger partial charge in [-0.25, -0.2) is 4.98 Å². The molecular formula is C11H17N3O2. The highest BCUT2D eigenvalue weighted by atomic mass is 16.5. The first kappa shape index (κ1) is 12.4. The van der Waals surface area contributed by atoms with E-state index in [1.807, 2.05) is 13.0 Å². The Bertz CT molecular complexity index is 355. The minimum atomic E-state index is -0.441. The summed E-state index contributed by atoms with van der Waals surface area (Å²) in [5, 5.41) is 2.75. The number of carbonyl (C=O) groups excluding carboxylic acids is 1. The number of pyridine rings is 1. The Hall–Kier alpha value is -1.62. The van der Waals surface area contributed by atoms with E-state index in [9.17, 15) is 4.79 Å². The topological polar surface area (TPSA) is 77.2 Å². The zero-order chi connectivity index (χ0) is 12.0. The molecule has 0 aliphatic carbocycles. The summed E-state index contributed by atoms with van der Waals surface area (Å²) in [4.78, 5) is 15.4. The quantitative estimate of drug-likeness (QED) is 0.759. The van der Waals surface area contributed by atoms with Gasteiger partial charge in [-0.05, 0) is 18.1 Å². The van der Waals surface area contributed by atoms with Crippen molar-refractivity contribution in [2.24, 2.45) is 5.73 Å². The molecule has 1 rings (SSSR count). The van der Waals surface area contributed by atoms with E-state index in [4.69, 9.17) is 10.5 Å². The van der Waals surface area contributed by atoms with Crippen molar-refractivity contribution >= 4 is 5.91 Å². The summed E-state index contributed by atoms with van der Waals surface area (Å²) in [5.74, 6) is 0.393. The highest BCUT2D eigenvalue weighted by Crippen LogP contribution is 2.07. The maximum absolute atomic E-state index is 11.4. The Morgan fingerprint density at radius 3 is 3.06 bits per heavy atom. The Morgan fingerprint density at radius 2 is 2.44 bits per heavy atom. The molecule has 0 saturated heterocycles. The van der Waals surface area contributed by atoms with Crippen LogP contribution in [0.3, 0.4) is 0 Å². The Balaban J connectivity index is 2.51. The average Bonchev–Trinajstić information content (AvgIpc) is 2.35. The van der Waals surface area contributed by atoms with Gasteiger partial charge in [-0.3, -0.25) is 4.79 Å². The number of ether oxygens (including phenoxy) is 1. The van der Waals surface area contributed by atoms with Crippen molar-refractivity contribution < 1.29 is 9.53 Å². The SMILES string of the molecule is CC[C@@H](N)C(=O)NCc1ccnc(OC)c1. The molecular weight excluding hydrogens is 206 g/mol. The highest BCUT2D eigenvalue weighted by molar-refractivity contribution is 5.81. The van der Waals surface area contributed by atoms with Crippen molar-refractivity contribution in [1.82, 2.24) is 10.3 Å². The molecule has 16 heavy (non-hydrogen) atoms. The van der Waals surface area contributed by atoms with Gasteiger partial charge in [-0.2, -0.15) is 0 Å². The number of nitrogens with zero attached hydrogens (tertiary/aromatic N) is 1. The fourth-order valence-corrected chi connectivity index (χ4v) is 1.18. The van der Waals surface area contributed by atoms with Gasteiger partial charge in [-0.1, -0.05) is 6.92 Å². The predicted molar refractivity (Wildman–Crippen MR) is 60.9 cm³/mol. The van der Waals surface area contributed by atoms with Crippen LogP contribution in [-0.4, -0.2) is 24.0 Å². The van der Waals surface area contributed by atoms with Crippen LogP contribution in [0.4, 0.5) is 0 Å². The van der Waals surface area contributed by atoms with E-state index < -0.39 is 6.04 Å². The van der Waals surface area contributed by atoms with Crippen LogP contribution in [0.2, 0.25) is 0 Å². The normalized spacial score (nSPS) is 11.9. The number of hydrogen-bond acceptors (Lipinski definition) is 4. The van der Waals surface area contributed by atoms with Crippen molar-refractivity contribution in [3.05, 3.63) is 23.9 Å². The smallest absolute Gasteiger partial charge is 0.237 e. The lowest BCUT2D eigenvalue weighted by atomic mass is 10.2. The third kappa shape index (κ3) is 3.51. The van der Waals surface area contributed by atoms with E-state index in [0.717, 1.165) is 5.56 Å². The molecule has 1 amide bonds. The van der Waals surface area contributed by atoms with Gasteiger partial charge in [0.05, 0.1) is 13.2 Å². The molecule has 1 aromatic rings. The molecule has 0 aromatic carbocycles. The number of nitrogens with two attached hydrogens (primary N) is 1. The monoisotopic (exact) mass is 223 g/mol. The number of methoxy groups -OCH3 is 1. The van der Waals surface area contributed by atoms with Crippen molar-refractivity contribution in [2.75, 3.05) is 7.11 Å². The standard InChI is InChI=1S/C11H17N3O2/c1-3-9(12)11(15)14-7-8-4-5-13-10(6-8)16-2/h4-6,9H,3,7,12H2,1-2H3,(H,14,15)/t9-/m1/s1. The molecule has 5 nitrogen and oxygen atoms in total. The van der Waals surface area contributed by atoms with Crippen LogP contribution in [0.15, 0.2) is 18.3 Å². The molecule has 0 unspecified atom stereocenters. The lowest BCUT2D eigenvalue weighted by Crippen LogP contribution is -2.39. The summed E-state index contributed by atoms with van der Waals surface area (Å²) < 4.78 is 4.98. The van der Waals surface area contributed by atoms with Crippen LogP contribution in [-0.2, 0) is 11.3 Å². The maximum atomic E-state index is 11.4. The second kappa shape index (κ2) is 6.07. The number of rotatable bonds is 5. The van der Waals surface area contributed by atoms with Crippen LogP contribution in [0.5, 0.6) is 5.88 Å². The molecule has 0 aliphatic heterocycles. The Morgan fingerprint density at radius 1 is 1.69 bits per heavy atom. The summed E-state index contributed by atoms with van der Waals surface area (Å²) in [5.41, 5.74) is 6.52. The molecule has 0 spiro atoms. The van der Waals surface area contributed by atoms with E-state index in [-0.39, 0.29) is 5.91 Å². The third-order valence-electron chi connectivity index (χ3n) is 2.25. The molecule has 1 heterocycles. The average molecular weight is 223 g/mol. The second-order valence-electron chi connectivity index (χ2n) is 3.44. The van der Waals surface area contributed by atoms with Crippen LogP contribution < -0.4 is 15.8 Å². The van der Waals surface area contributed by atoms with E-state index in [1.165, 1.54) is 0 Å². The highest BCUT2D eigenvalue weighted by Gasteiger charge is 2.09. The molecule has 0 saturated carbocycles. The van der Waals surface area contributed by atoms with Crippen molar-refractivity contribution in [2.45, 2.75) is 25.9 Å². The number of hydrogen-bond donors (Lipinski definition) is 2. The molecule has 0 radical (unpaired) electrons. The van der Waals surface area contributed by atoms with E-state index in [1.54, 1.807) is 19.4 Å². The minimum absolute atomic E-state index is 0.140. The zero-order valence-electron chi connectivity index (χ0n) is 9.56. The fraction of sp³-hybridized carbons (Fsp3) is 0.455. The number of amides is 1. The molecule has 0 fully saturated rings. The predicted octanol–water partition coefficient (Wildman–Crippen LogP) is 0.444. The molecule has 1 aromatic heterocycles. The number of carbonyl (C=O) groups is 1. The van der Waals surface area contributed by atoms with Gasteiger partial charge in [0, 0.05) is 18.8 Å². The zero-order valence-corrected chi connectivity index (χ0v) is 9.56. The van der Waals surface area contributed by atoms with Gasteiger partial charge in [-0.15, -0.1) is 0 Å². The summed E-state index contributed by atoms with van der Waals surface area (Å²) in [6.07, 6.45) is 2.27. The van der Waals surface area contributed by atoms with Crippen LogP contribution in [0, 0.1) is 0 Å². The molecule has 1 atom stereocenters. The van der Waals surface area contributed by atoms with Crippen molar-refractivity contribution in [3.63, 3.8) is 0 Å².